The van der Waals surface area contributed by atoms with Gasteiger partial charge in [0.15, 0.2) is 0 Å². The average Bonchev–Trinajstić information content (AvgIpc) is 3.93. The van der Waals surface area contributed by atoms with E-state index in [-0.39, 0.29) is 0 Å². The number of nitrogens with zero attached hydrogens (tertiary/aromatic N) is 1. The topological polar surface area (TPSA) is 16.4 Å². The number of hydrogen-bond donors (Lipinski definition) is 0. The van der Waals surface area contributed by atoms with E-state index >= 15 is 0 Å². The molecule has 0 fully saturated rings. The molecule has 296 valence electrons. The summed E-state index contributed by atoms with van der Waals surface area (Å²) < 4.78 is 8.79. The van der Waals surface area contributed by atoms with Gasteiger partial charge in [-0.2, -0.15) is 0 Å². The first-order valence-electron chi connectivity index (χ1n) is 21.4. The number of thiophene rings is 1. The summed E-state index contributed by atoms with van der Waals surface area (Å²) in [5.74, 6) is 0. The summed E-state index contributed by atoms with van der Waals surface area (Å²) in [6.07, 6.45) is 0. The molecule has 0 N–H and O–H groups in total. The van der Waals surface area contributed by atoms with Gasteiger partial charge in [-0.25, -0.2) is 0 Å². The molecule has 0 spiro atoms. The Bertz CT molecular complexity index is 3620. The van der Waals surface area contributed by atoms with Crippen LogP contribution in [0, 0.1) is 0 Å². The first kappa shape index (κ1) is 36.8. The smallest absolute Gasteiger partial charge is 0.135 e. The Hall–Kier alpha value is -7.98. The minimum absolute atomic E-state index is 0.901. The van der Waals surface area contributed by atoms with E-state index in [9.17, 15) is 0 Å². The van der Waals surface area contributed by atoms with E-state index in [1.165, 1.54) is 59.1 Å². The fourth-order valence-electron chi connectivity index (χ4n) is 9.38. The van der Waals surface area contributed by atoms with Crippen LogP contribution in [0.25, 0.3) is 97.7 Å². The van der Waals surface area contributed by atoms with Crippen LogP contribution in [0.3, 0.4) is 0 Å². The van der Waals surface area contributed by atoms with Crippen molar-refractivity contribution in [3.05, 3.63) is 237 Å². The van der Waals surface area contributed by atoms with Crippen molar-refractivity contribution in [1.29, 1.82) is 0 Å². The molecule has 0 saturated carbocycles. The molecule has 63 heavy (non-hydrogen) atoms. The van der Waals surface area contributed by atoms with Crippen LogP contribution in [0.4, 0.5) is 17.1 Å². The third-order valence-electron chi connectivity index (χ3n) is 12.3. The molecule has 0 radical (unpaired) electrons. The van der Waals surface area contributed by atoms with Crippen molar-refractivity contribution in [3.8, 4) is 55.6 Å². The zero-order chi connectivity index (χ0) is 41.7. The maximum atomic E-state index is 6.17. The van der Waals surface area contributed by atoms with Gasteiger partial charge in [0.1, 0.15) is 11.2 Å². The minimum atomic E-state index is 0.901. The average molecular weight is 822 g/mol. The van der Waals surface area contributed by atoms with Crippen molar-refractivity contribution < 1.29 is 4.42 Å². The van der Waals surface area contributed by atoms with Gasteiger partial charge in [-0.3, -0.25) is 0 Å². The molecule has 12 aromatic rings. The minimum Gasteiger partial charge on any atom is -0.456 e. The second kappa shape index (κ2) is 15.5. The number of hydrogen-bond acceptors (Lipinski definition) is 3. The first-order chi connectivity index (χ1) is 31.2. The number of rotatable bonds is 8. The van der Waals surface area contributed by atoms with Crippen molar-refractivity contribution in [1.82, 2.24) is 0 Å². The maximum Gasteiger partial charge on any atom is 0.135 e. The zero-order valence-electron chi connectivity index (χ0n) is 34.3. The summed E-state index contributed by atoms with van der Waals surface area (Å²) in [5, 5.41) is 4.88. The molecule has 2 heterocycles. The lowest BCUT2D eigenvalue weighted by Crippen LogP contribution is -2.11. The van der Waals surface area contributed by atoms with Gasteiger partial charge >= 0.3 is 0 Å². The van der Waals surface area contributed by atoms with Crippen molar-refractivity contribution in [3.63, 3.8) is 0 Å². The van der Waals surface area contributed by atoms with Gasteiger partial charge in [-0.1, -0.05) is 176 Å². The molecule has 0 amide bonds. The van der Waals surface area contributed by atoms with E-state index in [4.69, 9.17) is 4.42 Å². The van der Waals surface area contributed by atoms with E-state index in [1.54, 1.807) is 0 Å². The first-order valence-corrected chi connectivity index (χ1v) is 22.2. The molecule has 0 bridgehead atoms. The van der Waals surface area contributed by atoms with E-state index < -0.39 is 0 Å². The fraction of sp³-hybridized carbons (Fsp3) is 0. The molecule has 0 unspecified atom stereocenters. The van der Waals surface area contributed by atoms with Crippen molar-refractivity contribution >= 4 is 70.5 Å². The Labute approximate surface area is 370 Å². The molecule has 3 heteroatoms. The van der Waals surface area contributed by atoms with Crippen molar-refractivity contribution in [2.24, 2.45) is 0 Å². The highest BCUT2D eigenvalue weighted by atomic mass is 32.1. The second-order valence-electron chi connectivity index (χ2n) is 16.0. The third kappa shape index (κ3) is 6.50. The summed E-state index contributed by atoms with van der Waals surface area (Å²) in [7, 11) is 0. The van der Waals surface area contributed by atoms with Crippen molar-refractivity contribution in [2.75, 3.05) is 4.90 Å². The highest BCUT2D eigenvalue weighted by Crippen LogP contribution is 2.47. The monoisotopic (exact) mass is 821 g/mol. The van der Waals surface area contributed by atoms with Crippen LogP contribution < -0.4 is 4.90 Å². The van der Waals surface area contributed by atoms with Gasteiger partial charge in [-0.05, 0) is 111 Å². The van der Waals surface area contributed by atoms with Gasteiger partial charge in [0.25, 0.3) is 0 Å². The lowest BCUT2D eigenvalue weighted by molar-refractivity contribution is 0.669. The highest BCUT2D eigenvalue weighted by molar-refractivity contribution is 7.25. The molecular weight excluding hydrogens is 783 g/mol. The molecule has 12 rings (SSSR count). The van der Waals surface area contributed by atoms with Crippen LogP contribution in [0.2, 0.25) is 0 Å². The standard InChI is InChI=1S/C60H39NOS/c1-2-15-41(16-3-1)46-17-4-5-18-48(46)49-19-6-7-20-50(49)51-21-8-11-25-55(51)61(44-34-29-40(30-35-44)43-33-38-57-54(39-43)52-22-9-12-26-56(52)62-57)45-36-31-42(32-37-45)47-24-14-28-59-60(47)53-23-10-13-27-58(53)63-59/h1-39H. The second-order valence-corrected chi connectivity index (χ2v) is 17.1. The summed E-state index contributed by atoms with van der Waals surface area (Å²) >= 11 is 1.86. The largest absolute Gasteiger partial charge is 0.456 e. The molecule has 2 aromatic heterocycles. The number of anilines is 3. The van der Waals surface area contributed by atoms with Crippen LogP contribution in [0.5, 0.6) is 0 Å². The Morgan fingerprint density at radius 1 is 0.302 bits per heavy atom. The summed E-state index contributed by atoms with van der Waals surface area (Å²) in [5.41, 5.74) is 16.9. The van der Waals surface area contributed by atoms with E-state index in [1.807, 2.05) is 23.5 Å². The van der Waals surface area contributed by atoms with E-state index in [0.29, 0.717) is 0 Å². The van der Waals surface area contributed by atoms with Gasteiger partial charge in [0.05, 0.1) is 5.69 Å². The van der Waals surface area contributed by atoms with Crippen LogP contribution in [0.15, 0.2) is 241 Å². The van der Waals surface area contributed by atoms with E-state index in [0.717, 1.165) is 55.7 Å². The SMILES string of the molecule is c1ccc(-c2ccccc2-c2ccccc2-c2ccccc2N(c2ccc(-c3ccc4oc5ccccc5c4c3)cc2)c2ccc(-c3cccc4sc5ccccc5c34)cc2)cc1. The predicted molar refractivity (Wildman–Crippen MR) is 268 cm³/mol. The zero-order valence-corrected chi connectivity index (χ0v) is 35.1. The summed E-state index contributed by atoms with van der Waals surface area (Å²) in [6.45, 7) is 0. The van der Waals surface area contributed by atoms with Crippen molar-refractivity contribution in [2.45, 2.75) is 0 Å². The molecule has 0 saturated heterocycles. The van der Waals surface area contributed by atoms with Crippen LogP contribution >= 0.6 is 11.3 Å². The molecule has 0 aliphatic rings. The number of furan rings is 1. The normalized spacial score (nSPS) is 11.5. The Morgan fingerprint density at radius 3 is 1.57 bits per heavy atom. The van der Waals surface area contributed by atoms with Crippen LogP contribution in [0.1, 0.15) is 0 Å². The fourth-order valence-corrected chi connectivity index (χ4v) is 10.5. The lowest BCUT2D eigenvalue weighted by Gasteiger charge is -2.29. The maximum absolute atomic E-state index is 6.17. The lowest BCUT2D eigenvalue weighted by atomic mass is 9.88. The molecule has 0 atom stereocenters. The van der Waals surface area contributed by atoms with Crippen LogP contribution in [-0.2, 0) is 0 Å². The summed E-state index contributed by atoms with van der Waals surface area (Å²) in [4.78, 5) is 2.41. The Balaban J connectivity index is 1.01. The molecule has 0 aliphatic carbocycles. The Kier molecular flexibility index (Phi) is 9.06. The molecule has 2 nitrogen and oxygen atoms in total. The third-order valence-corrected chi connectivity index (χ3v) is 13.5. The van der Waals surface area contributed by atoms with Gasteiger partial charge < -0.3 is 9.32 Å². The number of fused-ring (bicyclic) bond motifs is 6. The van der Waals surface area contributed by atoms with Gasteiger partial charge in [-0.15, -0.1) is 11.3 Å². The highest BCUT2D eigenvalue weighted by Gasteiger charge is 2.21. The van der Waals surface area contributed by atoms with Gasteiger partial charge in [0.2, 0.25) is 0 Å². The van der Waals surface area contributed by atoms with E-state index in [2.05, 4.69) is 229 Å². The molecule has 10 aromatic carbocycles. The predicted octanol–water partition coefficient (Wildman–Crippen LogP) is 17.8. The Morgan fingerprint density at radius 2 is 0.810 bits per heavy atom. The summed E-state index contributed by atoms with van der Waals surface area (Å²) in [6, 6.07) is 85.5. The molecular formula is C60H39NOS. The number of para-hydroxylation sites is 2. The quantitative estimate of drug-likeness (QED) is 0.152. The molecule has 0 aliphatic heterocycles. The van der Waals surface area contributed by atoms with Crippen LogP contribution in [-0.4, -0.2) is 0 Å². The number of benzene rings is 10. The van der Waals surface area contributed by atoms with Gasteiger partial charge in [0, 0.05) is 47.9 Å².